The summed E-state index contributed by atoms with van der Waals surface area (Å²) in [7, 11) is -2.94. The number of hydrogen-bond donors (Lipinski definition) is 1. The number of nitrogens with zero attached hydrogens (tertiary/aromatic N) is 3. The minimum atomic E-state index is -2.94. The van der Waals surface area contributed by atoms with E-state index >= 15 is 0 Å². The van der Waals surface area contributed by atoms with Crippen LogP contribution in [-0.4, -0.2) is 87.7 Å². The van der Waals surface area contributed by atoms with Crippen molar-refractivity contribution < 1.29 is 17.9 Å². The standard InChI is InChI=1S/C18H28N4O4S/c1-2-22(16-5-12-27(24,25)14-16)15-3-4-17(20-13-15)18(23)19-6-7-21-8-10-26-11-9-21/h3-4,13,16H,2,5-12,14H2,1H3,(H,19,23). The fourth-order valence-electron chi connectivity index (χ4n) is 3.61. The average molecular weight is 397 g/mol. The van der Waals surface area contributed by atoms with Gasteiger partial charge in [-0.1, -0.05) is 0 Å². The molecule has 1 atom stereocenters. The van der Waals surface area contributed by atoms with Gasteiger partial charge in [0.25, 0.3) is 5.91 Å². The predicted octanol–water partition coefficient (Wildman–Crippen LogP) is 0.157. The third-order valence-electron chi connectivity index (χ3n) is 5.12. The van der Waals surface area contributed by atoms with Crippen LogP contribution in [0.15, 0.2) is 18.3 Å². The van der Waals surface area contributed by atoms with Gasteiger partial charge in [-0.05, 0) is 25.5 Å². The molecule has 1 unspecified atom stereocenters. The van der Waals surface area contributed by atoms with Crippen molar-refractivity contribution in [1.82, 2.24) is 15.2 Å². The molecule has 150 valence electrons. The van der Waals surface area contributed by atoms with Crippen molar-refractivity contribution in [3.05, 3.63) is 24.0 Å². The Balaban J connectivity index is 1.53. The minimum Gasteiger partial charge on any atom is -0.379 e. The molecule has 0 spiro atoms. The van der Waals surface area contributed by atoms with Crippen LogP contribution in [0.2, 0.25) is 0 Å². The summed E-state index contributed by atoms with van der Waals surface area (Å²) >= 11 is 0. The third kappa shape index (κ3) is 5.40. The van der Waals surface area contributed by atoms with Gasteiger partial charge in [0.15, 0.2) is 9.84 Å². The number of carbonyl (C=O) groups is 1. The number of sulfone groups is 1. The summed E-state index contributed by atoms with van der Waals surface area (Å²) in [6, 6.07) is 3.53. The summed E-state index contributed by atoms with van der Waals surface area (Å²) in [6.45, 7) is 7.35. The number of nitrogens with one attached hydrogen (secondary N) is 1. The maximum atomic E-state index is 12.3. The van der Waals surface area contributed by atoms with Crippen LogP contribution in [-0.2, 0) is 14.6 Å². The number of anilines is 1. The van der Waals surface area contributed by atoms with Gasteiger partial charge in [0.2, 0.25) is 0 Å². The highest BCUT2D eigenvalue weighted by Gasteiger charge is 2.32. The van der Waals surface area contributed by atoms with Crippen molar-refractivity contribution in [2.45, 2.75) is 19.4 Å². The number of hydrogen-bond acceptors (Lipinski definition) is 7. The smallest absolute Gasteiger partial charge is 0.269 e. The Morgan fingerprint density at radius 1 is 1.37 bits per heavy atom. The zero-order chi connectivity index (χ0) is 19.3. The Hall–Kier alpha value is -1.71. The third-order valence-corrected chi connectivity index (χ3v) is 6.87. The second kappa shape index (κ2) is 8.99. The van der Waals surface area contributed by atoms with Gasteiger partial charge in [-0.3, -0.25) is 9.69 Å². The quantitative estimate of drug-likeness (QED) is 0.702. The lowest BCUT2D eigenvalue weighted by atomic mass is 10.2. The van der Waals surface area contributed by atoms with Crippen molar-refractivity contribution >= 4 is 21.4 Å². The van der Waals surface area contributed by atoms with Crippen LogP contribution in [0.3, 0.4) is 0 Å². The Morgan fingerprint density at radius 2 is 2.15 bits per heavy atom. The van der Waals surface area contributed by atoms with Gasteiger partial charge in [-0.25, -0.2) is 13.4 Å². The summed E-state index contributed by atoms with van der Waals surface area (Å²) in [5, 5.41) is 2.90. The van der Waals surface area contributed by atoms with E-state index < -0.39 is 9.84 Å². The normalized spacial score (nSPS) is 22.5. The minimum absolute atomic E-state index is 0.0185. The average Bonchev–Trinajstić information content (AvgIpc) is 3.03. The molecule has 3 rings (SSSR count). The van der Waals surface area contributed by atoms with E-state index in [1.807, 2.05) is 13.0 Å². The van der Waals surface area contributed by atoms with Gasteiger partial charge in [0.05, 0.1) is 36.6 Å². The zero-order valence-electron chi connectivity index (χ0n) is 15.8. The molecular formula is C18H28N4O4S. The summed E-state index contributed by atoms with van der Waals surface area (Å²) in [5.41, 5.74) is 1.22. The van der Waals surface area contributed by atoms with E-state index in [0.717, 1.165) is 38.5 Å². The van der Waals surface area contributed by atoms with Crippen molar-refractivity contribution in [3.8, 4) is 0 Å². The Morgan fingerprint density at radius 3 is 2.74 bits per heavy atom. The number of amides is 1. The molecule has 0 bridgehead atoms. The zero-order valence-corrected chi connectivity index (χ0v) is 16.6. The second-order valence-corrected chi connectivity index (χ2v) is 9.18. The molecule has 3 heterocycles. The lowest BCUT2D eigenvalue weighted by molar-refractivity contribution is 0.0383. The molecule has 1 N–H and O–H groups in total. The molecule has 2 aliphatic rings. The van der Waals surface area contributed by atoms with Gasteiger partial charge in [0, 0.05) is 38.8 Å². The second-order valence-electron chi connectivity index (χ2n) is 6.95. The van der Waals surface area contributed by atoms with Crippen LogP contribution in [0.25, 0.3) is 0 Å². The Bertz CT molecular complexity index is 732. The molecule has 0 radical (unpaired) electrons. The molecule has 9 heteroatoms. The fraction of sp³-hybridized carbons (Fsp3) is 0.667. The topological polar surface area (TPSA) is 91.8 Å². The van der Waals surface area contributed by atoms with Crippen molar-refractivity contribution in [2.24, 2.45) is 0 Å². The molecule has 27 heavy (non-hydrogen) atoms. The lowest BCUT2D eigenvalue weighted by Crippen LogP contribution is -2.41. The van der Waals surface area contributed by atoms with Crippen LogP contribution in [0.5, 0.6) is 0 Å². The fourth-order valence-corrected chi connectivity index (χ4v) is 5.34. The molecule has 1 amide bonds. The van der Waals surface area contributed by atoms with E-state index in [0.29, 0.717) is 25.2 Å². The van der Waals surface area contributed by atoms with Gasteiger partial charge < -0.3 is 15.0 Å². The predicted molar refractivity (Wildman–Crippen MR) is 104 cm³/mol. The molecule has 2 saturated heterocycles. The first-order chi connectivity index (χ1) is 13.0. The van der Waals surface area contributed by atoms with Gasteiger partial charge in [0.1, 0.15) is 5.69 Å². The highest BCUT2D eigenvalue weighted by Crippen LogP contribution is 2.23. The van der Waals surface area contributed by atoms with Crippen LogP contribution in [0.4, 0.5) is 5.69 Å². The monoisotopic (exact) mass is 396 g/mol. The van der Waals surface area contributed by atoms with Crippen molar-refractivity contribution in [1.29, 1.82) is 0 Å². The highest BCUT2D eigenvalue weighted by atomic mass is 32.2. The largest absolute Gasteiger partial charge is 0.379 e. The molecule has 0 aromatic carbocycles. The first-order valence-corrected chi connectivity index (χ1v) is 11.3. The Kier molecular flexibility index (Phi) is 6.67. The van der Waals surface area contributed by atoms with Gasteiger partial charge in [-0.15, -0.1) is 0 Å². The Labute approximate surface area is 160 Å². The van der Waals surface area contributed by atoms with Crippen LogP contribution in [0, 0.1) is 0 Å². The van der Waals surface area contributed by atoms with E-state index in [-0.39, 0.29) is 23.5 Å². The van der Waals surface area contributed by atoms with Crippen LogP contribution < -0.4 is 10.2 Å². The molecule has 1 aromatic rings. The first-order valence-electron chi connectivity index (χ1n) is 9.50. The number of rotatable bonds is 7. The lowest BCUT2D eigenvalue weighted by Gasteiger charge is -2.28. The summed E-state index contributed by atoms with van der Waals surface area (Å²) in [5.74, 6) is 0.233. The summed E-state index contributed by atoms with van der Waals surface area (Å²) < 4.78 is 28.8. The molecule has 1 aromatic heterocycles. The molecule has 8 nitrogen and oxygen atoms in total. The van der Waals surface area contributed by atoms with E-state index in [9.17, 15) is 13.2 Å². The molecule has 0 saturated carbocycles. The van der Waals surface area contributed by atoms with Gasteiger partial charge >= 0.3 is 0 Å². The van der Waals surface area contributed by atoms with E-state index in [1.165, 1.54) is 0 Å². The van der Waals surface area contributed by atoms with E-state index in [4.69, 9.17) is 4.74 Å². The number of ether oxygens (including phenoxy) is 1. The SMILES string of the molecule is CCN(c1ccc(C(=O)NCCN2CCOCC2)nc1)C1CCS(=O)(=O)C1. The maximum absolute atomic E-state index is 12.3. The first kappa shape index (κ1) is 20.0. The van der Waals surface area contributed by atoms with Crippen LogP contribution >= 0.6 is 0 Å². The molecule has 0 aliphatic carbocycles. The van der Waals surface area contributed by atoms with Crippen molar-refractivity contribution in [3.63, 3.8) is 0 Å². The van der Waals surface area contributed by atoms with E-state index in [2.05, 4.69) is 20.1 Å². The number of carbonyl (C=O) groups excluding carboxylic acids is 1. The van der Waals surface area contributed by atoms with E-state index in [1.54, 1.807) is 12.3 Å². The molecular weight excluding hydrogens is 368 g/mol. The number of pyridine rings is 1. The van der Waals surface area contributed by atoms with Crippen LogP contribution in [0.1, 0.15) is 23.8 Å². The summed E-state index contributed by atoms with van der Waals surface area (Å²) in [4.78, 5) is 20.9. The highest BCUT2D eigenvalue weighted by molar-refractivity contribution is 7.91. The maximum Gasteiger partial charge on any atom is 0.269 e. The van der Waals surface area contributed by atoms with Crippen molar-refractivity contribution in [2.75, 3.05) is 62.3 Å². The molecule has 2 fully saturated rings. The summed E-state index contributed by atoms with van der Waals surface area (Å²) in [6.07, 6.45) is 2.30. The number of aromatic nitrogens is 1. The van der Waals surface area contributed by atoms with Gasteiger partial charge in [-0.2, -0.15) is 0 Å². The number of morpholine rings is 1. The molecule has 2 aliphatic heterocycles.